The van der Waals surface area contributed by atoms with Crippen molar-refractivity contribution in [3.05, 3.63) is 34.7 Å². The van der Waals surface area contributed by atoms with Gasteiger partial charge in [0.05, 0.1) is 24.7 Å². The van der Waals surface area contributed by atoms with Crippen molar-refractivity contribution < 1.29 is 9.53 Å². The summed E-state index contributed by atoms with van der Waals surface area (Å²) in [5, 5.41) is 0. The molecule has 1 N–H and O–H groups in total. The Morgan fingerprint density at radius 1 is 1.40 bits per heavy atom. The number of imidazole rings is 1. The molecule has 0 aliphatic rings. The van der Waals surface area contributed by atoms with E-state index in [0.717, 1.165) is 24.0 Å². The van der Waals surface area contributed by atoms with Gasteiger partial charge in [0, 0.05) is 13.1 Å². The Morgan fingerprint density at radius 2 is 2.15 bits per heavy atom. The minimum absolute atomic E-state index is 0.0955. The first kappa shape index (κ1) is 14.3. The van der Waals surface area contributed by atoms with Crippen LogP contribution < -0.4 is 5.69 Å². The summed E-state index contributed by atoms with van der Waals surface area (Å²) in [7, 11) is 3.23. The number of ether oxygens (including phenoxy) is 1. The number of likely N-dealkylation sites (N-methyl/N-ethyl adjacent to an activating group) is 1. The number of esters is 1. The SMILES string of the molecule is COC(=O)CN(C)CCCn1c(=O)[nH]c2ccccc21. The number of aromatic nitrogens is 2. The van der Waals surface area contributed by atoms with Gasteiger partial charge in [-0.25, -0.2) is 4.79 Å². The van der Waals surface area contributed by atoms with Crippen LogP contribution in [0.25, 0.3) is 11.0 Å². The van der Waals surface area contributed by atoms with Crippen LogP contribution >= 0.6 is 0 Å². The highest BCUT2D eigenvalue weighted by Crippen LogP contribution is 2.09. The van der Waals surface area contributed by atoms with Crippen molar-refractivity contribution in [3.63, 3.8) is 0 Å². The summed E-state index contributed by atoms with van der Waals surface area (Å²) in [5.41, 5.74) is 1.66. The zero-order valence-electron chi connectivity index (χ0n) is 11.8. The van der Waals surface area contributed by atoms with E-state index in [1.165, 1.54) is 7.11 Å². The summed E-state index contributed by atoms with van der Waals surface area (Å²) in [6.07, 6.45) is 0.787. The van der Waals surface area contributed by atoms with Crippen LogP contribution in [0.3, 0.4) is 0 Å². The van der Waals surface area contributed by atoms with Gasteiger partial charge in [-0.2, -0.15) is 0 Å². The van der Waals surface area contributed by atoms with E-state index in [0.29, 0.717) is 6.54 Å². The molecule has 6 heteroatoms. The van der Waals surface area contributed by atoms with E-state index in [2.05, 4.69) is 9.72 Å². The lowest BCUT2D eigenvalue weighted by Crippen LogP contribution is -2.29. The fraction of sp³-hybridized carbons (Fsp3) is 0.429. The van der Waals surface area contributed by atoms with Gasteiger partial charge in [0.2, 0.25) is 0 Å². The van der Waals surface area contributed by atoms with Crippen LogP contribution in [0, 0.1) is 0 Å². The number of aryl methyl sites for hydroxylation is 1. The maximum absolute atomic E-state index is 11.9. The second kappa shape index (κ2) is 6.38. The summed E-state index contributed by atoms with van der Waals surface area (Å²) in [6, 6.07) is 7.62. The first-order valence-electron chi connectivity index (χ1n) is 6.54. The summed E-state index contributed by atoms with van der Waals surface area (Å²) in [4.78, 5) is 27.7. The third-order valence-electron chi connectivity index (χ3n) is 3.23. The Labute approximate surface area is 117 Å². The zero-order chi connectivity index (χ0) is 14.5. The number of nitrogens with one attached hydrogen (secondary N) is 1. The number of benzene rings is 1. The normalized spacial score (nSPS) is 11.2. The van der Waals surface area contributed by atoms with Crippen LogP contribution in [0.15, 0.2) is 29.1 Å². The fourth-order valence-corrected chi connectivity index (χ4v) is 2.19. The van der Waals surface area contributed by atoms with Gasteiger partial charge < -0.3 is 9.72 Å². The average Bonchev–Trinajstić information content (AvgIpc) is 2.75. The number of aromatic amines is 1. The van der Waals surface area contributed by atoms with Crippen molar-refractivity contribution in [2.75, 3.05) is 27.2 Å². The number of hydrogen-bond donors (Lipinski definition) is 1. The topological polar surface area (TPSA) is 67.3 Å². The predicted molar refractivity (Wildman–Crippen MR) is 76.7 cm³/mol. The molecule has 0 atom stereocenters. The summed E-state index contributed by atoms with van der Waals surface area (Å²) < 4.78 is 6.33. The van der Waals surface area contributed by atoms with Gasteiger partial charge in [0.25, 0.3) is 0 Å². The van der Waals surface area contributed by atoms with Gasteiger partial charge in [-0.15, -0.1) is 0 Å². The highest BCUT2D eigenvalue weighted by Gasteiger charge is 2.08. The largest absolute Gasteiger partial charge is 0.468 e. The zero-order valence-corrected chi connectivity index (χ0v) is 11.8. The maximum atomic E-state index is 11.9. The van der Waals surface area contributed by atoms with Gasteiger partial charge in [0.1, 0.15) is 0 Å². The molecule has 0 amide bonds. The highest BCUT2D eigenvalue weighted by atomic mass is 16.5. The molecule has 0 saturated heterocycles. The van der Waals surface area contributed by atoms with Gasteiger partial charge in [-0.3, -0.25) is 14.3 Å². The standard InChI is InChI=1S/C14H19N3O3/c1-16(10-13(18)20-2)8-5-9-17-12-7-4-3-6-11(12)15-14(17)19/h3-4,6-7H,5,8-10H2,1-2H3,(H,15,19). The molecule has 2 rings (SSSR count). The smallest absolute Gasteiger partial charge is 0.326 e. The second-order valence-corrected chi connectivity index (χ2v) is 4.77. The molecule has 0 unspecified atom stereocenters. The molecule has 0 aliphatic heterocycles. The van der Waals surface area contributed by atoms with E-state index >= 15 is 0 Å². The first-order valence-corrected chi connectivity index (χ1v) is 6.54. The van der Waals surface area contributed by atoms with Gasteiger partial charge in [-0.1, -0.05) is 12.1 Å². The molecule has 0 bridgehead atoms. The fourth-order valence-electron chi connectivity index (χ4n) is 2.19. The Hall–Kier alpha value is -2.08. The minimum atomic E-state index is -0.253. The molecule has 0 radical (unpaired) electrons. The first-order chi connectivity index (χ1) is 9.61. The Morgan fingerprint density at radius 3 is 2.90 bits per heavy atom. The van der Waals surface area contributed by atoms with Crippen LogP contribution in [-0.2, 0) is 16.1 Å². The van der Waals surface area contributed by atoms with Gasteiger partial charge in [-0.05, 0) is 25.6 Å². The quantitative estimate of drug-likeness (QED) is 0.794. The van der Waals surface area contributed by atoms with E-state index < -0.39 is 0 Å². The maximum Gasteiger partial charge on any atom is 0.326 e. The van der Waals surface area contributed by atoms with Crippen LogP contribution in [-0.4, -0.2) is 47.7 Å². The van der Waals surface area contributed by atoms with Crippen LogP contribution in [0.5, 0.6) is 0 Å². The average molecular weight is 277 g/mol. The van der Waals surface area contributed by atoms with E-state index in [4.69, 9.17) is 0 Å². The Balaban J connectivity index is 1.95. The lowest BCUT2D eigenvalue weighted by atomic mass is 10.3. The molecule has 2 aromatic rings. The number of para-hydroxylation sites is 2. The number of carbonyl (C=O) groups excluding carboxylic acids is 1. The molecule has 0 fully saturated rings. The molecule has 1 aromatic carbocycles. The highest BCUT2D eigenvalue weighted by molar-refractivity contribution is 5.74. The number of H-pyrrole nitrogens is 1. The predicted octanol–water partition coefficient (Wildman–Crippen LogP) is 0.824. The monoisotopic (exact) mass is 277 g/mol. The number of hydrogen-bond acceptors (Lipinski definition) is 4. The molecule has 0 aliphatic carbocycles. The molecule has 0 spiro atoms. The van der Waals surface area contributed by atoms with Crippen molar-refractivity contribution in [3.8, 4) is 0 Å². The number of nitrogens with zero attached hydrogens (tertiary/aromatic N) is 2. The molecule has 6 nitrogen and oxygen atoms in total. The third-order valence-corrected chi connectivity index (χ3v) is 3.23. The van der Waals surface area contributed by atoms with Gasteiger partial charge in [0.15, 0.2) is 0 Å². The molecule has 1 heterocycles. The van der Waals surface area contributed by atoms with Crippen LogP contribution in [0.2, 0.25) is 0 Å². The van der Waals surface area contributed by atoms with E-state index in [9.17, 15) is 9.59 Å². The number of methoxy groups -OCH3 is 1. The molecule has 1 aromatic heterocycles. The van der Waals surface area contributed by atoms with Crippen molar-refractivity contribution >= 4 is 17.0 Å². The van der Waals surface area contributed by atoms with E-state index in [1.807, 2.05) is 36.2 Å². The lowest BCUT2D eigenvalue weighted by Gasteiger charge is -2.14. The molecular formula is C14H19N3O3. The van der Waals surface area contributed by atoms with E-state index in [1.54, 1.807) is 4.57 Å². The van der Waals surface area contributed by atoms with Crippen LogP contribution in [0.1, 0.15) is 6.42 Å². The van der Waals surface area contributed by atoms with Gasteiger partial charge >= 0.3 is 11.7 Å². The van der Waals surface area contributed by atoms with Crippen molar-refractivity contribution in [2.45, 2.75) is 13.0 Å². The molecule has 108 valence electrons. The molecular weight excluding hydrogens is 258 g/mol. The summed E-state index contributed by atoms with van der Waals surface area (Å²) in [5.74, 6) is -0.253. The number of rotatable bonds is 6. The second-order valence-electron chi connectivity index (χ2n) is 4.77. The van der Waals surface area contributed by atoms with Crippen LogP contribution in [0.4, 0.5) is 0 Å². The number of fused-ring (bicyclic) bond motifs is 1. The molecule has 20 heavy (non-hydrogen) atoms. The third kappa shape index (κ3) is 3.27. The minimum Gasteiger partial charge on any atom is -0.468 e. The number of carbonyl (C=O) groups is 1. The van der Waals surface area contributed by atoms with Crippen molar-refractivity contribution in [1.82, 2.24) is 14.5 Å². The summed E-state index contributed by atoms with van der Waals surface area (Å²) >= 11 is 0. The molecule has 0 saturated carbocycles. The Kier molecular flexibility index (Phi) is 4.57. The van der Waals surface area contributed by atoms with Crippen molar-refractivity contribution in [1.29, 1.82) is 0 Å². The Bertz CT molecular complexity index is 644. The van der Waals surface area contributed by atoms with E-state index in [-0.39, 0.29) is 18.2 Å². The summed E-state index contributed by atoms with van der Waals surface area (Å²) in [6.45, 7) is 1.61. The van der Waals surface area contributed by atoms with Crippen molar-refractivity contribution in [2.24, 2.45) is 0 Å². The lowest BCUT2D eigenvalue weighted by molar-refractivity contribution is -0.141.